The van der Waals surface area contributed by atoms with Gasteiger partial charge in [0.05, 0.1) is 21.7 Å². The van der Waals surface area contributed by atoms with Crippen LogP contribution < -0.4 is 19.5 Å². The number of carbonyl (C=O) groups is 2. The molecule has 0 spiro atoms. The van der Waals surface area contributed by atoms with Gasteiger partial charge in [0.2, 0.25) is 5.91 Å². The number of pyridine rings is 1. The third-order valence-corrected chi connectivity index (χ3v) is 10.6. The zero-order valence-electron chi connectivity index (χ0n) is 31.8. The molecule has 58 heavy (non-hydrogen) atoms. The number of nitriles is 1. The molecule has 1 unspecified atom stereocenters. The van der Waals surface area contributed by atoms with Crippen LogP contribution in [0.2, 0.25) is 10.0 Å². The summed E-state index contributed by atoms with van der Waals surface area (Å²) in [5.41, 5.74) is 7.63. The highest BCUT2D eigenvalue weighted by Gasteiger charge is 2.27. The lowest BCUT2D eigenvalue weighted by atomic mass is 10.0. The van der Waals surface area contributed by atoms with Gasteiger partial charge in [-0.2, -0.15) is 5.26 Å². The van der Waals surface area contributed by atoms with E-state index in [0.717, 1.165) is 38.9 Å². The molecular formula is C47H40Cl2N4O5. The predicted octanol–water partition coefficient (Wildman–Crippen LogP) is 9.58. The molecule has 11 heteroatoms. The predicted molar refractivity (Wildman–Crippen MR) is 224 cm³/mol. The zero-order valence-corrected chi connectivity index (χ0v) is 33.3. The monoisotopic (exact) mass is 810 g/mol. The SMILES string of the molecule is CCc1cc2c(cc1CN(CC(=O)NCCc1ccc(-c3ccc(C#N)cc3)cc1)C(=O)c1ccccn1)OC(c1ccc(OCc3ccc(Cl)c(Cl)c3)cc1)CO2. The van der Waals surface area contributed by atoms with E-state index in [2.05, 4.69) is 16.4 Å². The van der Waals surface area contributed by atoms with Gasteiger partial charge in [0.1, 0.15) is 31.2 Å². The number of aryl methyl sites for hydroxylation is 1. The standard InChI is InChI=1S/C47H40Cl2N4O5/c1-2-34-24-43-44(58-45(30-57-43)37-15-17-39(18-16-37)56-29-33-10-19-40(48)41(49)23-33)25-38(34)27-53(47(55)42-5-3-4-21-51-42)28-46(54)52-22-20-31-6-11-35(12-7-31)36-13-8-32(26-50)9-14-36/h3-19,21,23-25,45H,2,20,22,27-30H2,1H3,(H,52,54). The van der Waals surface area contributed by atoms with E-state index in [0.29, 0.717) is 65.5 Å². The summed E-state index contributed by atoms with van der Waals surface area (Å²) >= 11 is 12.2. The summed E-state index contributed by atoms with van der Waals surface area (Å²) in [5.74, 6) is 1.24. The summed E-state index contributed by atoms with van der Waals surface area (Å²) in [6.45, 7) is 3.11. The largest absolute Gasteiger partial charge is 0.489 e. The van der Waals surface area contributed by atoms with Crippen LogP contribution in [0.5, 0.6) is 17.2 Å². The number of hydrogen-bond acceptors (Lipinski definition) is 7. The van der Waals surface area contributed by atoms with Crippen molar-refractivity contribution in [1.29, 1.82) is 5.26 Å². The average molecular weight is 812 g/mol. The van der Waals surface area contributed by atoms with Crippen LogP contribution in [0.4, 0.5) is 0 Å². The molecule has 6 aromatic rings. The molecule has 0 aliphatic carbocycles. The van der Waals surface area contributed by atoms with E-state index < -0.39 is 0 Å². The lowest BCUT2D eigenvalue weighted by Gasteiger charge is -2.29. The summed E-state index contributed by atoms with van der Waals surface area (Å²) in [5, 5.41) is 13.0. The molecule has 2 heterocycles. The fourth-order valence-electron chi connectivity index (χ4n) is 6.65. The van der Waals surface area contributed by atoms with Gasteiger partial charge in [0, 0.05) is 19.3 Å². The topological polar surface area (TPSA) is 114 Å². The third kappa shape index (κ3) is 9.96. The highest BCUT2D eigenvalue weighted by Crippen LogP contribution is 2.39. The van der Waals surface area contributed by atoms with Gasteiger partial charge in [-0.05, 0) is 112 Å². The molecule has 1 aliphatic rings. The van der Waals surface area contributed by atoms with Crippen LogP contribution in [0.1, 0.15) is 56.9 Å². The highest BCUT2D eigenvalue weighted by molar-refractivity contribution is 6.42. The van der Waals surface area contributed by atoms with E-state index in [-0.39, 0.29) is 36.7 Å². The number of halogens is 2. The zero-order chi connectivity index (χ0) is 40.4. The van der Waals surface area contributed by atoms with Crippen molar-refractivity contribution < 1.29 is 23.8 Å². The van der Waals surface area contributed by atoms with Gasteiger partial charge in [0.25, 0.3) is 5.91 Å². The van der Waals surface area contributed by atoms with Gasteiger partial charge in [-0.3, -0.25) is 14.6 Å². The second-order valence-electron chi connectivity index (χ2n) is 13.8. The summed E-state index contributed by atoms with van der Waals surface area (Å²) in [6.07, 6.45) is 2.49. The Kier molecular flexibility index (Phi) is 12.9. The fourth-order valence-corrected chi connectivity index (χ4v) is 6.97. The van der Waals surface area contributed by atoms with E-state index in [1.54, 1.807) is 48.7 Å². The normalized spacial score (nSPS) is 13.0. The Bertz CT molecular complexity index is 2420. The lowest BCUT2D eigenvalue weighted by Crippen LogP contribution is -2.41. The van der Waals surface area contributed by atoms with Crippen molar-refractivity contribution in [2.75, 3.05) is 19.7 Å². The number of hydrogen-bond donors (Lipinski definition) is 1. The number of aromatic nitrogens is 1. The summed E-state index contributed by atoms with van der Waals surface area (Å²) in [4.78, 5) is 33.1. The molecule has 292 valence electrons. The van der Waals surface area contributed by atoms with Gasteiger partial charge in [-0.25, -0.2) is 0 Å². The summed E-state index contributed by atoms with van der Waals surface area (Å²) in [6, 6.07) is 39.8. The summed E-state index contributed by atoms with van der Waals surface area (Å²) in [7, 11) is 0. The number of ether oxygens (including phenoxy) is 3. The molecule has 0 fully saturated rings. The smallest absolute Gasteiger partial charge is 0.273 e. The van der Waals surface area contributed by atoms with E-state index in [9.17, 15) is 9.59 Å². The number of fused-ring (bicyclic) bond motifs is 1. The molecule has 1 aliphatic heterocycles. The molecule has 1 N–H and O–H groups in total. The van der Waals surface area contributed by atoms with Gasteiger partial charge < -0.3 is 24.4 Å². The maximum atomic E-state index is 13.9. The number of benzene rings is 5. The minimum atomic E-state index is -0.374. The Hall–Kier alpha value is -6.34. The molecule has 0 bridgehead atoms. The molecular weight excluding hydrogens is 771 g/mol. The van der Waals surface area contributed by atoms with Crippen LogP contribution in [0.3, 0.4) is 0 Å². The number of nitrogens with zero attached hydrogens (tertiary/aromatic N) is 3. The molecule has 0 saturated heterocycles. The van der Waals surface area contributed by atoms with Gasteiger partial charge in [-0.1, -0.05) is 90.8 Å². The average Bonchev–Trinajstić information content (AvgIpc) is 3.26. The Labute approximate surface area is 347 Å². The Morgan fingerprint density at radius 3 is 2.28 bits per heavy atom. The molecule has 1 atom stereocenters. The Balaban J connectivity index is 1.00. The van der Waals surface area contributed by atoms with Gasteiger partial charge in [0.15, 0.2) is 17.6 Å². The maximum Gasteiger partial charge on any atom is 0.273 e. The molecule has 0 radical (unpaired) electrons. The van der Waals surface area contributed by atoms with Crippen molar-refractivity contribution >= 4 is 35.0 Å². The number of nitrogens with one attached hydrogen (secondary N) is 1. The summed E-state index contributed by atoms with van der Waals surface area (Å²) < 4.78 is 18.7. The first-order valence-electron chi connectivity index (χ1n) is 18.9. The van der Waals surface area contributed by atoms with E-state index >= 15 is 0 Å². The van der Waals surface area contributed by atoms with Crippen LogP contribution >= 0.6 is 23.2 Å². The van der Waals surface area contributed by atoms with E-state index in [4.69, 9.17) is 42.7 Å². The van der Waals surface area contributed by atoms with Crippen molar-refractivity contribution in [1.82, 2.24) is 15.2 Å². The van der Waals surface area contributed by atoms with Crippen molar-refractivity contribution in [2.24, 2.45) is 0 Å². The number of carbonyl (C=O) groups excluding carboxylic acids is 2. The van der Waals surface area contributed by atoms with Gasteiger partial charge in [-0.15, -0.1) is 0 Å². The van der Waals surface area contributed by atoms with Gasteiger partial charge >= 0.3 is 0 Å². The molecule has 0 saturated carbocycles. The maximum absolute atomic E-state index is 13.9. The third-order valence-electron chi connectivity index (χ3n) is 9.85. The first-order chi connectivity index (χ1) is 28.3. The molecule has 7 rings (SSSR count). The molecule has 2 amide bonds. The van der Waals surface area contributed by atoms with E-state index in [1.807, 2.05) is 85.8 Å². The van der Waals surface area contributed by atoms with Crippen molar-refractivity contribution in [3.63, 3.8) is 0 Å². The van der Waals surface area contributed by atoms with Crippen LogP contribution in [0.15, 0.2) is 128 Å². The van der Waals surface area contributed by atoms with E-state index in [1.165, 1.54) is 4.90 Å². The molecule has 1 aromatic heterocycles. The van der Waals surface area contributed by atoms with Crippen molar-refractivity contribution in [3.8, 4) is 34.4 Å². The van der Waals surface area contributed by atoms with Crippen molar-refractivity contribution in [3.05, 3.63) is 177 Å². The first kappa shape index (κ1) is 39.9. The fraction of sp³-hybridized carbons (Fsp3) is 0.191. The molecule has 9 nitrogen and oxygen atoms in total. The minimum Gasteiger partial charge on any atom is -0.489 e. The van der Waals surface area contributed by atoms with Crippen LogP contribution in [0.25, 0.3) is 11.1 Å². The quantitative estimate of drug-likeness (QED) is 0.117. The highest BCUT2D eigenvalue weighted by atomic mass is 35.5. The van der Waals surface area contributed by atoms with Crippen molar-refractivity contribution in [2.45, 2.75) is 39.0 Å². The second-order valence-corrected chi connectivity index (χ2v) is 14.6. The van der Waals surface area contributed by atoms with Crippen LogP contribution in [-0.2, 0) is 30.8 Å². The lowest BCUT2D eigenvalue weighted by molar-refractivity contribution is -0.121. The molecule has 5 aromatic carbocycles. The Morgan fingerprint density at radius 1 is 0.862 bits per heavy atom. The first-order valence-corrected chi connectivity index (χ1v) is 19.7. The minimum absolute atomic E-state index is 0.160. The second kappa shape index (κ2) is 18.7. The van der Waals surface area contributed by atoms with Crippen LogP contribution in [-0.4, -0.2) is 41.4 Å². The number of rotatable bonds is 14. The van der Waals surface area contributed by atoms with Crippen LogP contribution in [0, 0.1) is 11.3 Å². The number of amides is 2. The Morgan fingerprint density at radius 2 is 1.59 bits per heavy atom.